The van der Waals surface area contributed by atoms with Crippen LogP contribution in [-0.4, -0.2) is 29.7 Å². The maximum atomic E-state index is 12.6. The van der Waals surface area contributed by atoms with E-state index in [4.69, 9.17) is 4.42 Å². The van der Waals surface area contributed by atoms with Crippen molar-refractivity contribution in [2.45, 2.75) is 64.0 Å². The third-order valence-electron chi connectivity index (χ3n) is 4.03. The molecule has 2 fully saturated rings. The molecule has 0 radical (unpaired) electrons. The van der Waals surface area contributed by atoms with Crippen molar-refractivity contribution in [3.63, 3.8) is 0 Å². The minimum atomic E-state index is -4.14. The van der Waals surface area contributed by atoms with Crippen molar-refractivity contribution in [1.82, 2.24) is 10.2 Å². The van der Waals surface area contributed by atoms with Gasteiger partial charge in [-0.15, -0.1) is 0 Å². The van der Waals surface area contributed by atoms with Crippen molar-refractivity contribution in [1.29, 1.82) is 0 Å². The lowest BCUT2D eigenvalue weighted by atomic mass is 10.2. The smallest absolute Gasteiger partial charge is 0.401 e. The Morgan fingerprint density at radius 3 is 2.57 bits per heavy atom. The summed E-state index contributed by atoms with van der Waals surface area (Å²) in [6, 6.07) is 2.57. The second kappa shape index (κ2) is 5.65. The minimum Gasteiger partial charge on any atom is -0.465 e. The molecule has 3 rings (SSSR count). The Balaban J connectivity index is 1.61. The highest BCUT2D eigenvalue weighted by molar-refractivity contribution is 5.21. The van der Waals surface area contributed by atoms with Gasteiger partial charge < -0.3 is 9.73 Å². The Morgan fingerprint density at radius 2 is 2.00 bits per heavy atom. The van der Waals surface area contributed by atoms with Crippen LogP contribution < -0.4 is 5.32 Å². The summed E-state index contributed by atoms with van der Waals surface area (Å²) in [6.45, 7) is 1.98. The van der Waals surface area contributed by atoms with Crippen LogP contribution in [0.15, 0.2) is 10.5 Å². The molecule has 2 aliphatic carbocycles. The lowest BCUT2D eigenvalue weighted by Gasteiger charge is -2.22. The molecule has 0 unspecified atom stereocenters. The number of alkyl halides is 3. The number of halogens is 3. The van der Waals surface area contributed by atoms with Crippen LogP contribution in [-0.2, 0) is 13.1 Å². The molecule has 6 heteroatoms. The number of nitrogens with zero attached hydrogens (tertiary/aromatic N) is 1. The fourth-order valence-electron chi connectivity index (χ4n) is 2.57. The first-order valence-electron chi connectivity index (χ1n) is 7.53. The van der Waals surface area contributed by atoms with Crippen LogP contribution in [0, 0.1) is 6.92 Å². The lowest BCUT2D eigenvalue weighted by molar-refractivity contribution is -0.148. The third-order valence-corrected chi connectivity index (χ3v) is 4.03. The van der Waals surface area contributed by atoms with Gasteiger partial charge >= 0.3 is 6.18 Å². The number of furan rings is 1. The quantitative estimate of drug-likeness (QED) is 0.837. The molecule has 0 amide bonds. The van der Waals surface area contributed by atoms with E-state index in [-0.39, 0.29) is 6.04 Å². The molecule has 0 atom stereocenters. The molecule has 1 aromatic heterocycles. The SMILES string of the molecule is Cc1oc(CNC2CC2)cc1CN(CC(F)(F)F)C1CC1. The second-order valence-electron chi connectivity index (χ2n) is 6.20. The molecular formula is C15H21F3N2O. The van der Waals surface area contributed by atoms with Gasteiger partial charge in [0, 0.05) is 24.2 Å². The van der Waals surface area contributed by atoms with Crippen LogP contribution in [0.5, 0.6) is 0 Å². The number of aryl methyl sites for hydroxylation is 1. The van der Waals surface area contributed by atoms with Crippen molar-refractivity contribution in [2.24, 2.45) is 0 Å². The Hall–Kier alpha value is -1.01. The van der Waals surface area contributed by atoms with Crippen LogP contribution in [0.3, 0.4) is 0 Å². The molecule has 2 aliphatic rings. The van der Waals surface area contributed by atoms with Gasteiger partial charge in [0.05, 0.1) is 13.1 Å². The highest BCUT2D eigenvalue weighted by Crippen LogP contribution is 2.32. The maximum absolute atomic E-state index is 12.6. The van der Waals surface area contributed by atoms with Gasteiger partial charge in [-0.1, -0.05) is 0 Å². The van der Waals surface area contributed by atoms with Crippen LogP contribution in [0.1, 0.15) is 42.8 Å². The first-order chi connectivity index (χ1) is 9.90. The Kier molecular flexibility index (Phi) is 4.01. The van der Waals surface area contributed by atoms with Crippen molar-refractivity contribution in [3.05, 3.63) is 23.2 Å². The molecule has 1 aromatic rings. The third kappa shape index (κ3) is 4.48. The van der Waals surface area contributed by atoms with Gasteiger partial charge in [-0.05, 0) is 38.7 Å². The predicted octanol–water partition coefficient (Wildman–Crippen LogP) is 3.37. The van der Waals surface area contributed by atoms with Crippen LogP contribution in [0.4, 0.5) is 13.2 Å². The Morgan fingerprint density at radius 1 is 1.29 bits per heavy atom. The molecular weight excluding hydrogens is 281 g/mol. The van der Waals surface area contributed by atoms with E-state index in [1.54, 1.807) is 0 Å². The standard InChI is InChI=1S/C15H21F3N2O/c1-10-11(6-14(21-10)7-19-12-2-3-12)8-20(13-4-5-13)9-15(16,17)18/h6,12-13,19H,2-5,7-9H2,1H3. The zero-order valence-electron chi connectivity index (χ0n) is 12.2. The van der Waals surface area contributed by atoms with Crippen LogP contribution in [0.25, 0.3) is 0 Å². The zero-order chi connectivity index (χ0) is 15.0. The molecule has 0 bridgehead atoms. The Labute approximate surface area is 122 Å². The molecule has 1 N–H and O–H groups in total. The van der Waals surface area contributed by atoms with E-state index in [9.17, 15) is 13.2 Å². The van der Waals surface area contributed by atoms with Gasteiger partial charge in [0.1, 0.15) is 11.5 Å². The minimum absolute atomic E-state index is 0.0777. The summed E-state index contributed by atoms with van der Waals surface area (Å²) in [5.74, 6) is 1.55. The first kappa shape index (κ1) is 14.9. The summed E-state index contributed by atoms with van der Waals surface area (Å²) < 4.78 is 43.6. The van der Waals surface area contributed by atoms with Gasteiger partial charge in [-0.3, -0.25) is 4.90 Å². The van der Waals surface area contributed by atoms with E-state index < -0.39 is 12.7 Å². The van der Waals surface area contributed by atoms with E-state index in [2.05, 4.69) is 5.32 Å². The van der Waals surface area contributed by atoms with Crippen molar-refractivity contribution >= 4 is 0 Å². The summed E-state index contributed by atoms with van der Waals surface area (Å²) >= 11 is 0. The maximum Gasteiger partial charge on any atom is 0.401 e. The largest absolute Gasteiger partial charge is 0.465 e. The molecule has 0 aliphatic heterocycles. The average molecular weight is 302 g/mol. The first-order valence-corrected chi connectivity index (χ1v) is 7.53. The zero-order valence-corrected chi connectivity index (χ0v) is 12.2. The summed E-state index contributed by atoms with van der Waals surface area (Å²) in [7, 11) is 0. The normalized spacial score (nSPS) is 19.5. The van der Waals surface area contributed by atoms with E-state index in [1.165, 1.54) is 17.7 Å². The van der Waals surface area contributed by atoms with E-state index in [1.807, 2.05) is 13.0 Å². The molecule has 0 spiro atoms. The van der Waals surface area contributed by atoms with E-state index >= 15 is 0 Å². The van der Waals surface area contributed by atoms with Crippen molar-refractivity contribution < 1.29 is 17.6 Å². The summed E-state index contributed by atoms with van der Waals surface area (Å²) in [4.78, 5) is 1.52. The number of hydrogen-bond donors (Lipinski definition) is 1. The van der Waals surface area contributed by atoms with Crippen molar-refractivity contribution in [3.8, 4) is 0 Å². The van der Waals surface area contributed by atoms with Crippen LogP contribution in [0.2, 0.25) is 0 Å². The fourth-order valence-corrected chi connectivity index (χ4v) is 2.57. The Bertz CT molecular complexity index is 490. The van der Waals surface area contributed by atoms with E-state index in [0.717, 1.165) is 29.9 Å². The molecule has 2 saturated carbocycles. The molecule has 118 valence electrons. The van der Waals surface area contributed by atoms with E-state index in [0.29, 0.717) is 19.1 Å². The lowest BCUT2D eigenvalue weighted by Crippen LogP contribution is -2.35. The average Bonchev–Trinajstić information content (AvgIpc) is 3.25. The molecule has 0 aromatic carbocycles. The molecule has 3 nitrogen and oxygen atoms in total. The van der Waals surface area contributed by atoms with Gasteiger partial charge in [0.25, 0.3) is 0 Å². The van der Waals surface area contributed by atoms with Gasteiger partial charge in [-0.2, -0.15) is 13.2 Å². The van der Waals surface area contributed by atoms with Crippen LogP contribution >= 0.6 is 0 Å². The number of hydrogen-bond acceptors (Lipinski definition) is 3. The molecule has 21 heavy (non-hydrogen) atoms. The monoisotopic (exact) mass is 302 g/mol. The summed E-state index contributed by atoms with van der Waals surface area (Å²) in [5.41, 5.74) is 0.874. The summed E-state index contributed by atoms with van der Waals surface area (Å²) in [6.07, 6.45) is -0.0100. The number of rotatable bonds is 7. The molecule has 1 heterocycles. The summed E-state index contributed by atoms with van der Waals surface area (Å²) in [5, 5.41) is 3.35. The molecule has 0 saturated heterocycles. The van der Waals surface area contributed by atoms with Crippen molar-refractivity contribution in [2.75, 3.05) is 6.54 Å². The highest BCUT2D eigenvalue weighted by atomic mass is 19.4. The number of nitrogens with one attached hydrogen (secondary N) is 1. The van der Waals surface area contributed by atoms with Gasteiger partial charge in [-0.25, -0.2) is 0 Å². The predicted molar refractivity (Wildman–Crippen MR) is 72.8 cm³/mol. The highest BCUT2D eigenvalue weighted by Gasteiger charge is 2.38. The topological polar surface area (TPSA) is 28.4 Å². The van der Waals surface area contributed by atoms with Gasteiger partial charge in [0.2, 0.25) is 0 Å². The second-order valence-corrected chi connectivity index (χ2v) is 6.20. The van der Waals surface area contributed by atoms with Gasteiger partial charge in [0.15, 0.2) is 0 Å². The fraction of sp³-hybridized carbons (Fsp3) is 0.733.